The van der Waals surface area contributed by atoms with E-state index in [4.69, 9.17) is 0 Å². The van der Waals surface area contributed by atoms with E-state index in [0.717, 1.165) is 48.0 Å². The lowest BCUT2D eigenvalue weighted by atomic mass is 10.1. The lowest BCUT2D eigenvalue weighted by Gasteiger charge is -2.39. The van der Waals surface area contributed by atoms with Crippen molar-refractivity contribution in [2.75, 3.05) is 32.5 Å². The van der Waals surface area contributed by atoms with Gasteiger partial charge in [0.2, 0.25) is 5.91 Å². The quantitative estimate of drug-likeness (QED) is 0.531. The Morgan fingerprint density at radius 2 is 1.86 bits per heavy atom. The summed E-state index contributed by atoms with van der Waals surface area (Å²) in [6.07, 6.45) is 3.63. The maximum atomic E-state index is 11.6. The molecule has 1 fully saturated rings. The number of aromatic nitrogens is 2. The molecular formula is C21H26N4O3S. The van der Waals surface area contributed by atoms with Crippen molar-refractivity contribution in [1.82, 2.24) is 19.8 Å². The maximum Gasteiger partial charge on any atom is 0.315 e. The summed E-state index contributed by atoms with van der Waals surface area (Å²) in [5.41, 5.74) is 2.75. The minimum atomic E-state index is -0.256. The molecule has 0 aliphatic carbocycles. The first-order valence-electron chi connectivity index (χ1n) is 9.57. The second kappa shape index (κ2) is 9.84. The van der Waals surface area contributed by atoms with E-state index in [2.05, 4.69) is 32.6 Å². The molecule has 3 heterocycles. The molecule has 0 spiro atoms. The highest BCUT2D eigenvalue weighted by Gasteiger charge is 2.25. The lowest BCUT2D eigenvalue weighted by Crippen LogP contribution is -2.52. The van der Waals surface area contributed by atoms with Crippen LogP contribution in [0.5, 0.6) is 0 Å². The molecule has 8 heteroatoms. The predicted molar refractivity (Wildman–Crippen MR) is 112 cm³/mol. The van der Waals surface area contributed by atoms with Crippen LogP contribution >= 0.6 is 11.8 Å². The first kappa shape index (κ1) is 21.3. The van der Waals surface area contributed by atoms with Gasteiger partial charge in [-0.25, -0.2) is 0 Å². The Hall–Kier alpha value is -2.45. The molecule has 1 saturated heterocycles. The fraction of sp³-hybridized carbons (Fsp3) is 0.429. The van der Waals surface area contributed by atoms with Gasteiger partial charge in [0.15, 0.2) is 0 Å². The van der Waals surface area contributed by atoms with Crippen molar-refractivity contribution in [3.63, 3.8) is 0 Å². The maximum absolute atomic E-state index is 11.6. The van der Waals surface area contributed by atoms with Gasteiger partial charge in [-0.1, -0.05) is 6.07 Å². The second-order valence-corrected chi connectivity index (χ2v) is 8.14. The molecule has 0 saturated carbocycles. The molecule has 7 nitrogen and oxygen atoms in total. The normalized spacial score (nSPS) is 17.2. The minimum Gasteiger partial charge on any atom is -0.468 e. The summed E-state index contributed by atoms with van der Waals surface area (Å²) in [7, 11) is 1.38. The van der Waals surface area contributed by atoms with Crippen LogP contribution in [0.25, 0.3) is 11.4 Å². The first-order valence-corrected chi connectivity index (χ1v) is 10.6. The number of thioether (sulfide) groups is 1. The third-order valence-electron chi connectivity index (χ3n) is 4.93. The largest absolute Gasteiger partial charge is 0.468 e. The number of amides is 1. The molecule has 1 aliphatic heterocycles. The van der Waals surface area contributed by atoms with Gasteiger partial charge in [0, 0.05) is 56.4 Å². The Labute approximate surface area is 175 Å². The molecule has 0 N–H and O–H groups in total. The zero-order chi connectivity index (χ0) is 20.8. The van der Waals surface area contributed by atoms with Crippen molar-refractivity contribution in [2.45, 2.75) is 31.3 Å². The zero-order valence-electron chi connectivity index (χ0n) is 17.0. The fourth-order valence-corrected chi connectivity index (χ4v) is 4.08. The average molecular weight is 415 g/mol. The molecule has 1 atom stereocenters. The summed E-state index contributed by atoms with van der Waals surface area (Å²) in [6.45, 7) is 7.05. The highest BCUT2D eigenvalue weighted by atomic mass is 32.2. The summed E-state index contributed by atoms with van der Waals surface area (Å²) in [6, 6.07) is 8.12. The van der Waals surface area contributed by atoms with Gasteiger partial charge in [0.1, 0.15) is 0 Å². The van der Waals surface area contributed by atoms with E-state index in [1.807, 2.05) is 29.3 Å². The molecule has 2 aromatic heterocycles. The van der Waals surface area contributed by atoms with E-state index in [-0.39, 0.29) is 23.7 Å². The van der Waals surface area contributed by atoms with Gasteiger partial charge in [-0.15, -0.1) is 11.8 Å². The highest BCUT2D eigenvalue weighted by Crippen LogP contribution is 2.21. The summed E-state index contributed by atoms with van der Waals surface area (Å²) in [4.78, 5) is 37.0. The standard InChI is InChI=1S/C21H26N4O3S/c1-15-12-24(8-9-25(15)16(2)26)13-17-4-6-19(22-10-17)20-7-5-18(11-23-20)29-14-21(27)28-3/h4-7,10-11,15H,8-9,12-14H2,1-3H3. The van der Waals surface area contributed by atoms with E-state index in [1.165, 1.54) is 18.9 Å². The van der Waals surface area contributed by atoms with Crippen LogP contribution in [0.2, 0.25) is 0 Å². The number of methoxy groups -OCH3 is 1. The minimum absolute atomic E-state index is 0.144. The van der Waals surface area contributed by atoms with Crippen LogP contribution in [-0.2, 0) is 20.9 Å². The smallest absolute Gasteiger partial charge is 0.315 e. The molecule has 0 aromatic carbocycles. The Kier molecular flexibility index (Phi) is 7.22. The molecule has 154 valence electrons. The summed E-state index contributed by atoms with van der Waals surface area (Å²) in [5, 5.41) is 0. The monoisotopic (exact) mass is 414 g/mol. The van der Waals surface area contributed by atoms with Crippen LogP contribution in [0.3, 0.4) is 0 Å². The van der Waals surface area contributed by atoms with Crippen molar-refractivity contribution in [2.24, 2.45) is 0 Å². The van der Waals surface area contributed by atoms with E-state index in [0.29, 0.717) is 0 Å². The number of nitrogens with zero attached hydrogens (tertiary/aromatic N) is 4. The van der Waals surface area contributed by atoms with Gasteiger partial charge in [0.05, 0.1) is 24.3 Å². The van der Waals surface area contributed by atoms with Crippen molar-refractivity contribution in [1.29, 1.82) is 0 Å². The third kappa shape index (κ3) is 5.77. The number of hydrogen-bond donors (Lipinski definition) is 0. The molecule has 0 radical (unpaired) electrons. The molecule has 2 aromatic rings. The van der Waals surface area contributed by atoms with Gasteiger partial charge < -0.3 is 9.64 Å². The molecular weight excluding hydrogens is 388 g/mol. The number of esters is 1. The number of carbonyl (C=O) groups is 2. The molecule has 1 unspecified atom stereocenters. The molecule has 3 rings (SSSR count). The van der Waals surface area contributed by atoms with Crippen LogP contribution < -0.4 is 0 Å². The summed E-state index contributed by atoms with van der Waals surface area (Å²) < 4.78 is 4.64. The van der Waals surface area contributed by atoms with Gasteiger partial charge in [0.25, 0.3) is 0 Å². The van der Waals surface area contributed by atoms with Crippen molar-refractivity contribution in [3.8, 4) is 11.4 Å². The number of hydrogen-bond acceptors (Lipinski definition) is 7. The number of piperazine rings is 1. The Morgan fingerprint density at radius 3 is 2.41 bits per heavy atom. The van der Waals surface area contributed by atoms with E-state index < -0.39 is 0 Å². The lowest BCUT2D eigenvalue weighted by molar-refractivity contribution is -0.137. The molecule has 1 amide bonds. The van der Waals surface area contributed by atoms with Gasteiger partial charge in [-0.3, -0.25) is 24.5 Å². The van der Waals surface area contributed by atoms with Crippen LogP contribution in [-0.4, -0.2) is 70.2 Å². The van der Waals surface area contributed by atoms with E-state index in [1.54, 1.807) is 13.1 Å². The van der Waals surface area contributed by atoms with Gasteiger partial charge in [-0.2, -0.15) is 0 Å². The Bertz CT molecular complexity index is 842. The van der Waals surface area contributed by atoms with Crippen LogP contribution in [0.4, 0.5) is 0 Å². The van der Waals surface area contributed by atoms with Gasteiger partial charge in [-0.05, 0) is 30.7 Å². The fourth-order valence-electron chi connectivity index (χ4n) is 3.39. The second-order valence-electron chi connectivity index (χ2n) is 7.09. The first-order chi connectivity index (χ1) is 14.0. The van der Waals surface area contributed by atoms with Crippen molar-refractivity contribution >= 4 is 23.6 Å². The third-order valence-corrected chi connectivity index (χ3v) is 5.88. The molecule has 29 heavy (non-hydrogen) atoms. The van der Waals surface area contributed by atoms with Crippen LogP contribution in [0.1, 0.15) is 19.4 Å². The van der Waals surface area contributed by atoms with E-state index >= 15 is 0 Å². The average Bonchev–Trinajstić information content (AvgIpc) is 2.73. The number of ether oxygens (including phenoxy) is 1. The summed E-state index contributed by atoms with van der Waals surface area (Å²) >= 11 is 1.39. The summed E-state index contributed by atoms with van der Waals surface area (Å²) in [5.74, 6) is 0.155. The van der Waals surface area contributed by atoms with Crippen molar-refractivity contribution < 1.29 is 14.3 Å². The highest BCUT2D eigenvalue weighted by molar-refractivity contribution is 8.00. The Morgan fingerprint density at radius 1 is 1.14 bits per heavy atom. The number of pyridine rings is 2. The number of carbonyl (C=O) groups excluding carboxylic acids is 2. The molecule has 0 bridgehead atoms. The van der Waals surface area contributed by atoms with Crippen LogP contribution in [0.15, 0.2) is 41.6 Å². The predicted octanol–water partition coefficient (Wildman–Crippen LogP) is 2.46. The number of rotatable bonds is 6. The van der Waals surface area contributed by atoms with Crippen LogP contribution in [0, 0.1) is 0 Å². The van der Waals surface area contributed by atoms with Crippen molar-refractivity contribution in [3.05, 3.63) is 42.2 Å². The molecule has 1 aliphatic rings. The van der Waals surface area contributed by atoms with E-state index in [9.17, 15) is 9.59 Å². The SMILES string of the molecule is COC(=O)CSc1ccc(-c2ccc(CN3CCN(C(C)=O)C(C)C3)cn2)nc1. The zero-order valence-corrected chi connectivity index (χ0v) is 17.8. The Balaban J connectivity index is 1.56. The topological polar surface area (TPSA) is 75.6 Å². The van der Waals surface area contributed by atoms with Gasteiger partial charge >= 0.3 is 5.97 Å².